The first-order valence-corrected chi connectivity index (χ1v) is 10.2. The van der Waals surface area contributed by atoms with Gasteiger partial charge in [-0.05, 0) is 55.8 Å². The lowest BCUT2D eigenvalue weighted by Crippen LogP contribution is -2.38. The highest BCUT2D eigenvalue weighted by atomic mass is 19.1. The first-order chi connectivity index (χ1) is 14.6. The maximum Gasteiger partial charge on any atom is 0.255 e. The summed E-state index contributed by atoms with van der Waals surface area (Å²) in [6, 6.07) is 12.0. The van der Waals surface area contributed by atoms with Gasteiger partial charge < -0.3 is 19.5 Å². The van der Waals surface area contributed by atoms with Crippen molar-refractivity contribution in [3.05, 3.63) is 59.4 Å². The summed E-state index contributed by atoms with van der Waals surface area (Å²) in [5.41, 5.74) is 1.06. The van der Waals surface area contributed by atoms with Crippen molar-refractivity contribution in [2.45, 2.75) is 25.4 Å². The Morgan fingerprint density at radius 3 is 2.80 bits per heavy atom. The van der Waals surface area contributed by atoms with Gasteiger partial charge >= 0.3 is 0 Å². The van der Waals surface area contributed by atoms with E-state index in [1.807, 2.05) is 24.3 Å². The van der Waals surface area contributed by atoms with Crippen LogP contribution in [0.2, 0.25) is 0 Å². The van der Waals surface area contributed by atoms with Crippen LogP contribution in [0, 0.1) is 5.82 Å². The van der Waals surface area contributed by atoms with Crippen LogP contribution in [0.4, 0.5) is 4.39 Å². The third kappa shape index (κ3) is 6.18. The quantitative estimate of drug-likeness (QED) is 0.680. The molecule has 0 saturated carbocycles. The van der Waals surface area contributed by atoms with Crippen LogP contribution >= 0.6 is 0 Å². The average Bonchev–Trinajstić information content (AvgIpc) is 2.78. The molecule has 0 aromatic heterocycles. The zero-order valence-corrected chi connectivity index (χ0v) is 17.5. The Labute approximate surface area is 176 Å². The summed E-state index contributed by atoms with van der Waals surface area (Å²) in [5.74, 6) is 0.211. The minimum absolute atomic E-state index is 0.168. The highest BCUT2D eigenvalue weighted by Gasteiger charge is 2.18. The van der Waals surface area contributed by atoms with E-state index in [0.29, 0.717) is 24.9 Å². The Morgan fingerprint density at radius 1 is 1.23 bits per heavy atom. The van der Waals surface area contributed by atoms with Crippen LogP contribution in [0.1, 0.15) is 28.8 Å². The minimum Gasteiger partial charge on any atom is -0.496 e. The van der Waals surface area contributed by atoms with E-state index in [0.717, 1.165) is 43.9 Å². The number of amides is 1. The number of carbonyl (C=O) groups excluding carboxylic acids is 1. The van der Waals surface area contributed by atoms with Crippen molar-refractivity contribution in [3.8, 4) is 11.5 Å². The predicted octanol–water partition coefficient (Wildman–Crippen LogP) is 3.25. The Balaban J connectivity index is 1.49. The molecule has 0 radical (unpaired) electrons. The van der Waals surface area contributed by atoms with Crippen LogP contribution in [0.3, 0.4) is 0 Å². The molecule has 1 saturated heterocycles. The zero-order valence-electron chi connectivity index (χ0n) is 17.5. The van der Waals surface area contributed by atoms with Crippen LogP contribution in [0.25, 0.3) is 0 Å². The Morgan fingerprint density at radius 2 is 2.03 bits per heavy atom. The van der Waals surface area contributed by atoms with E-state index in [9.17, 15) is 9.18 Å². The highest BCUT2D eigenvalue weighted by Crippen LogP contribution is 2.20. The van der Waals surface area contributed by atoms with Gasteiger partial charge in [-0.25, -0.2) is 4.39 Å². The number of nitrogens with zero attached hydrogens (tertiary/aromatic N) is 1. The molecular formula is C23H29FN2O4. The molecule has 1 aliphatic heterocycles. The van der Waals surface area contributed by atoms with Gasteiger partial charge in [0.1, 0.15) is 23.9 Å². The van der Waals surface area contributed by atoms with Crippen molar-refractivity contribution in [3.63, 3.8) is 0 Å². The van der Waals surface area contributed by atoms with Crippen molar-refractivity contribution >= 4 is 5.91 Å². The Bertz CT molecular complexity index is 840. The van der Waals surface area contributed by atoms with E-state index in [-0.39, 0.29) is 5.56 Å². The van der Waals surface area contributed by atoms with E-state index >= 15 is 0 Å². The SMILES string of the molecule is COc1ccc(F)cc1C(=O)NCc1cccc(OCCN(C)C2CCOCC2)c1. The van der Waals surface area contributed by atoms with Crippen LogP contribution in [0.15, 0.2) is 42.5 Å². The zero-order chi connectivity index (χ0) is 21.3. The fourth-order valence-electron chi connectivity index (χ4n) is 3.50. The predicted molar refractivity (Wildman–Crippen MR) is 113 cm³/mol. The van der Waals surface area contributed by atoms with Gasteiger partial charge in [0, 0.05) is 32.3 Å². The van der Waals surface area contributed by atoms with Crippen LogP contribution in [-0.2, 0) is 11.3 Å². The Kier molecular flexibility index (Phi) is 8.04. The molecule has 7 heteroatoms. The molecule has 3 rings (SSSR count). The summed E-state index contributed by atoms with van der Waals surface area (Å²) in [4.78, 5) is 14.7. The largest absolute Gasteiger partial charge is 0.496 e. The van der Waals surface area contributed by atoms with E-state index < -0.39 is 11.7 Å². The fourth-order valence-corrected chi connectivity index (χ4v) is 3.50. The van der Waals surface area contributed by atoms with Gasteiger partial charge in [0.15, 0.2) is 0 Å². The third-order valence-electron chi connectivity index (χ3n) is 5.28. The number of nitrogens with one attached hydrogen (secondary N) is 1. The number of methoxy groups -OCH3 is 1. The van der Waals surface area contributed by atoms with Gasteiger partial charge in [-0.1, -0.05) is 12.1 Å². The summed E-state index contributed by atoms with van der Waals surface area (Å²) in [6.45, 7) is 3.38. The maximum absolute atomic E-state index is 13.5. The van der Waals surface area contributed by atoms with Gasteiger partial charge in [0.2, 0.25) is 0 Å². The summed E-state index contributed by atoms with van der Waals surface area (Å²) in [7, 11) is 3.57. The molecule has 0 spiro atoms. The summed E-state index contributed by atoms with van der Waals surface area (Å²) in [6.07, 6.45) is 2.11. The lowest BCUT2D eigenvalue weighted by atomic mass is 10.1. The van der Waals surface area contributed by atoms with Crippen molar-refractivity contribution in [2.24, 2.45) is 0 Å². The minimum atomic E-state index is -0.484. The van der Waals surface area contributed by atoms with Crippen molar-refractivity contribution < 1.29 is 23.4 Å². The molecule has 2 aromatic rings. The van der Waals surface area contributed by atoms with E-state index in [4.69, 9.17) is 14.2 Å². The molecular weight excluding hydrogens is 387 g/mol. The molecule has 1 heterocycles. The number of hydrogen-bond donors (Lipinski definition) is 1. The highest BCUT2D eigenvalue weighted by molar-refractivity contribution is 5.96. The molecule has 162 valence electrons. The van der Waals surface area contributed by atoms with Crippen LogP contribution in [-0.4, -0.2) is 57.4 Å². The molecule has 2 aromatic carbocycles. The van der Waals surface area contributed by atoms with Crippen molar-refractivity contribution in [2.75, 3.05) is 40.5 Å². The number of benzene rings is 2. The first-order valence-electron chi connectivity index (χ1n) is 10.2. The third-order valence-corrected chi connectivity index (χ3v) is 5.28. The number of hydrogen-bond acceptors (Lipinski definition) is 5. The van der Waals surface area contributed by atoms with Gasteiger partial charge in [-0.2, -0.15) is 0 Å². The van der Waals surface area contributed by atoms with Gasteiger partial charge in [-0.15, -0.1) is 0 Å². The van der Waals surface area contributed by atoms with Crippen LogP contribution in [0.5, 0.6) is 11.5 Å². The molecule has 0 atom stereocenters. The molecule has 30 heavy (non-hydrogen) atoms. The number of rotatable bonds is 9. The van der Waals surface area contributed by atoms with Crippen molar-refractivity contribution in [1.29, 1.82) is 0 Å². The molecule has 0 unspecified atom stereocenters. The van der Waals surface area contributed by atoms with Gasteiger partial charge in [0.25, 0.3) is 5.91 Å². The van der Waals surface area contributed by atoms with E-state index in [1.54, 1.807) is 0 Å². The summed E-state index contributed by atoms with van der Waals surface area (Å²) < 4.78 is 29.9. The number of carbonyl (C=O) groups is 1. The fraction of sp³-hybridized carbons (Fsp3) is 0.435. The lowest BCUT2D eigenvalue weighted by molar-refractivity contribution is 0.0392. The number of likely N-dealkylation sites (N-methyl/N-ethyl adjacent to an activating group) is 1. The lowest BCUT2D eigenvalue weighted by Gasteiger charge is -2.31. The second kappa shape index (κ2) is 10.9. The standard InChI is InChI=1S/C23H29FN2O4/c1-26(19-8-11-29-12-9-19)10-13-30-20-5-3-4-17(14-20)16-25-23(27)21-15-18(24)6-7-22(21)28-2/h3-7,14-15,19H,8-13,16H2,1-2H3,(H,25,27). The number of ether oxygens (including phenoxy) is 3. The maximum atomic E-state index is 13.5. The van der Waals surface area contributed by atoms with Crippen LogP contribution < -0.4 is 14.8 Å². The smallest absolute Gasteiger partial charge is 0.255 e. The summed E-state index contributed by atoms with van der Waals surface area (Å²) >= 11 is 0. The van der Waals surface area contributed by atoms with E-state index in [1.165, 1.54) is 25.3 Å². The van der Waals surface area contributed by atoms with Gasteiger partial charge in [-0.3, -0.25) is 9.69 Å². The number of halogens is 1. The Hall–Kier alpha value is -2.64. The molecule has 1 amide bonds. The second-order valence-corrected chi connectivity index (χ2v) is 7.35. The topological polar surface area (TPSA) is 60.0 Å². The molecule has 1 N–H and O–H groups in total. The molecule has 0 bridgehead atoms. The van der Waals surface area contributed by atoms with Gasteiger partial charge in [0.05, 0.1) is 12.7 Å². The molecule has 1 fully saturated rings. The summed E-state index contributed by atoms with van der Waals surface area (Å²) in [5, 5.41) is 2.80. The normalized spacial score (nSPS) is 14.5. The molecule has 1 aliphatic rings. The molecule has 6 nitrogen and oxygen atoms in total. The average molecular weight is 416 g/mol. The molecule has 0 aliphatic carbocycles. The van der Waals surface area contributed by atoms with Crippen molar-refractivity contribution in [1.82, 2.24) is 10.2 Å². The van der Waals surface area contributed by atoms with E-state index in [2.05, 4.69) is 17.3 Å². The first kappa shape index (κ1) is 22.1. The monoisotopic (exact) mass is 416 g/mol. The second-order valence-electron chi connectivity index (χ2n) is 7.35.